The van der Waals surface area contributed by atoms with Crippen molar-refractivity contribution in [3.63, 3.8) is 0 Å². The van der Waals surface area contributed by atoms with Crippen LogP contribution in [0.4, 0.5) is 0 Å². The van der Waals surface area contributed by atoms with Crippen LogP contribution in [0.5, 0.6) is 0 Å². The number of hydrogen-bond acceptors (Lipinski definition) is 3. The highest BCUT2D eigenvalue weighted by molar-refractivity contribution is 5.85. The van der Waals surface area contributed by atoms with Gasteiger partial charge >= 0.3 is 0 Å². The number of nitrogens with two attached hydrogens (primary N) is 1. The maximum absolute atomic E-state index is 12.5. The minimum absolute atomic E-state index is 0. The Hall–Kier alpha value is -0.780. The van der Waals surface area contributed by atoms with Gasteiger partial charge in [-0.1, -0.05) is 13.8 Å². The van der Waals surface area contributed by atoms with Crippen LogP contribution >= 0.6 is 24.8 Å². The number of amides is 1. The number of aromatic nitrogens is 2. The number of nitrogens with zero attached hydrogens (tertiary/aromatic N) is 3. The molecule has 0 saturated carbocycles. The largest absolute Gasteiger partial charge is 0.341 e. The van der Waals surface area contributed by atoms with Gasteiger partial charge in [0.25, 0.3) is 0 Å². The lowest BCUT2D eigenvalue weighted by Gasteiger charge is -2.33. The van der Waals surface area contributed by atoms with Crippen LogP contribution in [-0.4, -0.2) is 34.2 Å². The molecule has 1 heterocycles. The van der Waals surface area contributed by atoms with Crippen molar-refractivity contribution in [3.8, 4) is 0 Å². The van der Waals surface area contributed by atoms with E-state index in [-0.39, 0.29) is 30.7 Å². The zero-order valence-electron chi connectivity index (χ0n) is 12.6. The Morgan fingerprint density at radius 2 is 1.95 bits per heavy atom. The number of hydrogen-bond donors (Lipinski definition) is 1. The second kappa shape index (κ2) is 9.21. The van der Waals surface area contributed by atoms with Crippen molar-refractivity contribution in [3.05, 3.63) is 18.0 Å². The lowest BCUT2D eigenvalue weighted by atomic mass is 9.81. The van der Waals surface area contributed by atoms with Gasteiger partial charge in [0.2, 0.25) is 5.91 Å². The van der Waals surface area contributed by atoms with Crippen LogP contribution in [0.15, 0.2) is 12.4 Å². The Morgan fingerprint density at radius 3 is 2.30 bits per heavy atom. The van der Waals surface area contributed by atoms with Crippen molar-refractivity contribution in [2.75, 3.05) is 13.6 Å². The number of aryl methyl sites for hydroxylation is 1. The summed E-state index contributed by atoms with van der Waals surface area (Å²) in [6.45, 7) is 5.02. The summed E-state index contributed by atoms with van der Waals surface area (Å²) in [5.74, 6) is 0.124. The van der Waals surface area contributed by atoms with Gasteiger partial charge in [-0.05, 0) is 12.8 Å². The Kier molecular flexibility index (Phi) is 9.91. The molecule has 5 nitrogen and oxygen atoms in total. The summed E-state index contributed by atoms with van der Waals surface area (Å²) in [6, 6.07) is 0. The van der Waals surface area contributed by atoms with Crippen molar-refractivity contribution < 1.29 is 4.79 Å². The summed E-state index contributed by atoms with van der Waals surface area (Å²) in [7, 11) is 3.69. The minimum Gasteiger partial charge on any atom is -0.341 e. The van der Waals surface area contributed by atoms with Gasteiger partial charge in [0.1, 0.15) is 0 Å². The molecule has 0 bridgehead atoms. The molecule has 0 spiro atoms. The molecule has 0 radical (unpaired) electrons. The lowest BCUT2D eigenvalue weighted by molar-refractivity contribution is -0.141. The standard InChI is InChI=1S/C13H24N4O.2ClH/c1-5-13(6-2,10-14)12(18)16(3)8-11-7-15-17(4)9-11;;/h7,9H,5-6,8,10,14H2,1-4H3;2*1H. The third kappa shape index (κ3) is 4.65. The van der Waals surface area contributed by atoms with Gasteiger partial charge in [0.05, 0.1) is 11.6 Å². The van der Waals surface area contributed by atoms with Crippen LogP contribution in [0, 0.1) is 5.41 Å². The predicted octanol–water partition coefficient (Wildman–Crippen LogP) is 1.99. The fourth-order valence-corrected chi connectivity index (χ4v) is 2.23. The fraction of sp³-hybridized carbons (Fsp3) is 0.692. The number of carbonyl (C=O) groups is 1. The van der Waals surface area contributed by atoms with Gasteiger partial charge in [0.15, 0.2) is 0 Å². The Bertz CT molecular complexity index is 397. The summed E-state index contributed by atoms with van der Waals surface area (Å²) in [5.41, 5.74) is 6.42. The monoisotopic (exact) mass is 324 g/mol. The van der Waals surface area contributed by atoms with Gasteiger partial charge in [-0.3, -0.25) is 9.48 Å². The quantitative estimate of drug-likeness (QED) is 0.870. The first-order valence-electron chi connectivity index (χ1n) is 6.42. The second-order valence-corrected chi connectivity index (χ2v) is 4.88. The van der Waals surface area contributed by atoms with E-state index in [1.54, 1.807) is 15.8 Å². The molecule has 0 unspecified atom stereocenters. The highest BCUT2D eigenvalue weighted by atomic mass is 35.5. The molecule has 0 fully saturated rings. The summed E-state index contributed by atoms with van der Waals surface area (Å²) in [6.07, 6.45) is 5.25. The van der Waals surface area contributed by atoms with Crippen LogP contribution in [0.1, 0.15) is 32.3 Å². The van der Waals surface area contributed by atoms with Crippen LogP contribution < -0.4 is 5.73 Å². The molecule has 0 atom stereocenters. The van der Waals surface area contributed by atoms with E-state index in [1.165, 1.54) is 0 Å². The van der Waals surface area contributed by atoms with Crippen molar-refractivity contribution >= 4 is 30.7 Å². The molecule has 118 valence electrons. The SMILES string of the molecule is CCC(CC)(CN)C(=O)N(C)Cc1cnn(C)c1.Cl.Cl. The fourth-order valence-electron chi connectivity index (χ4n) is 2.23. The molecule has 1 rings (SSSR count). The van der Waals surface area contributed by atoms with E-state index in [1.807, 2.05) is 34.1 Å². The van der Waals surface area contributed by atoms with E-state index in [9.17, 15) is 4.79 Å². The van der Waals surface area contributed by atoms with Crippen molar-refractivity contribution in [2.24, 2.45) is 18.2 Å². The number of halogens is 2. The average molecular weight is 325 g/mol. The minimum atomic E-state index is -0.420. The molecular weight excluding hydrogens is 299 g/mol. The molecule has 0 aliphatic rings. The maximum atomic E-state index is 12.5. The summed E-state index contributed by atoms with van der Waals surface area (Å²) in [4.78, 5) is 14.2. The Morgan fingerprint density at radius 1 is 1.40 bits per heavy atom. The van der Waals surface area contributed by atoms with Gasteiger partial charge in [-0.2, -0.15) is 5.10 Å². The molecule has 7 heteroatoms. The molecule has 0 aliphatic carbocycles. The number of rotatable bonds is 6. The van der Waals surface area contributed by atoms with E-state index >= 15 is 0 Å². The van der Waals surface area contributed by atoms with Crippen LogP contribution in [-0.2, 0) is 18.4 Å². The van der Waals surface area contributed by atoms with Crippen molar-refractivity contribution in [2.45, 2.75) is 33.2 Å². The smallest absolute Gasteiger partial charge is 0.230 e. The maximum Gasteiger partial charge on any atom is 0.230 e. The number of carbonyl (C=O) groups excluding carboxylic acids is 1. The van der Waals surface area contributed by atoms with Gasteiger partial charge < -0.3 is 10.6 Å². The lowest BCUT2D eigenvalue weighted by Crippen LogP contribution is -2.45. The summed E-state index contributed by atoms with van der Waals surface area (Å²) < 4.78 is 1.74. The molecule has 1 aromatic rings. The zero-order valence-corrected chi connectivity index (χ0v) is 14.3. The van der Waals surface area contributed by atoms with Gasteiger partial charge in [-0.15, -0.1) is 24.8 Å². The molecule has 1 aromatic heterocycles. The molecule has 20 heavy (non-hydrogen) atoms. The third-order valence-corrected chi connectivity index (χ3v) is 3.72. The first-order valence-corrected chi connectivity index (χ1v) is 6.42. The normalized spacial score (nSPS) is 10.4. The summed E-state index contributed by atoms with van der Waals surface area (Å²) >= 11 is 0. The van der Waals surface area contributed by atoms with Gasteiger partial charge in [-0.25, -0.2) is 0 Å². The van der Waals surface area contributed by atoms with Gasteiger partial charge in [0, 0.05) is 38.9 Å². The zero-order chi connectivity index (χ0) is 13.8. The molecule has 0 aromatic carbocycles. The summed E-state index contributed by atoms with van der Waals surface area (Å²) in [5, 5.41) is 4.11. The van der Waals surface area contributed by atoms with E-state index < -0.39 is 5.41 Å². The van der Waals surface area contributed by atoms with E-state index in [0.29, 0.717) is 13.1 Å². The van der Waals surface area contributed by atoms with E-state index in [0.717, 1.165) is 18.4 Å². The molecular formula is C13H26Cl2N4O. The highest BCUT2D eigenvalue weighted by Gasteiger charge is 2.35. The molecule has 0 aliphatic heterocycles. The van der Waals surface area contributed by atoms with Crippen LogP contribution in [0.2, 0.25) is 0 Å². The first-order chi connectivity index (χ1) is 8.49. The van der Waals surface area contributed by atoms with Crippen molar-refractivity contribution in [1.29, 1.82) is 0 Å². The molecule has 2 N–H and O–H groups in total. The predicted molar refractivity (Wildman–Crippen MR) is 86.2 cm³/mol. The third-order valence-electron chi connectivity index (χ3n) is 3.72. The first kappa shape index (κ1) is 21.5. The molecule has 1 amide bonds. The van der Waals surface area contributed by atoms with Crippen LogP contribution in [0.25, 0.3) is 0 Å². The Balaban J connectivity index is 0. The van der Waals surface area contributed by atoms with E-state index in [4.69, 9.17) is 5.73 Å². The Labute approximate surface area is 133 Å². The van der Waals surface area contributed by atoms with Crippen molar-refractivity contribution in [1.82, 2.24) is 14.7 Å². The topological polar surface area (TPSA) is 64.2 Å². The molecule has 0 saturated heterocycles. The average Bonchev–Trinajstić information content (AvgIpc) is 2.77. The highest BCUT2D eigenvalue weighted by Crippen LogP contribution is 2.27. The van der Waals surface area contributed by atoms with E-state index in [2.05, 4.69) is 5.10 Å². The second-order valence-electron chi connectivity index (χ2n) is 4.88. The van der Waals surface area contributed by atoms with Crippen LogP contribution in [0.3, 0.4) is 0 Å².